The van der Waals surface area contributed by atoms with E-state index < -0.39 is 30.9 Å². The van der Waals surface area contributed by atoms with E-state index in [4.69, 9.17) is 25.6 Å². The van der Waals surface area contributed by atoms with Gasteiger partial charge in [-0.15, -0.1) is 0 Å². The fourth-order valence-electron chi connectivity index (χ4n) is 2.10. The number of ether oxygens (including phenoxy) is 1. The van der Waals surface area contributed by atoms with Gasteiger partial charge in [-0.25, -0.2) is 4.98 Å². The molecule has 24 heavy (non-hydrogen) atoms. The molecule has 1 saturated heterocycles. The Morgan fingerprint density at radius 3 is 2.29 bits per heavy atom. The number of aromatic nitrogens is 1. The Morgan fingerprint density at radius 2 is 1.79 bits per heavy atom. The summed E-state index contributed by atoms with van der Waals surface area (Å²) < 4.78 is 53.3. The van der Waals surface area contributed by atoms with Gasteiger partial charge in [0.25, 0.3) is 0 Å². The van der Waals surface area contributed by atoms with Crippen molar-refractivity contribution >= 4 is 24.2 Å². The molecule has 0 spiro atoms. The van der Waals surface area contributed by atoms with E-state index >= 15 is 0 Å². The number of nitrogens with zero attached hydrogens (tertiary/aromatic N) is 1. The van der Waals surface area contributed by atoms with Gasteiger partial charge in [-0.3, -0.25) is 0 Å². The summed E-state index contributed by atoms with van der Waals surface area (Å²) in [7, 11) is -0.612. The molecule has 0 aromatic carbocycles. The smallest absolute Gasteiger partial charge is 0.477 e. The standard InChI is InChI=1S/C15H20BClF3NO3/c1-13(2)14(3,4)24-16(23-13)10-8-11(17)12(21-9-10)22-7-5-6-15(18,19)20/h8-9H,5-7H2,1-4H3. The molecule has 2 rings (SSSR count). The third-order valence-electron chi connectivity index (χ3n) is 4.20. The third kappa shape index (κ3) is 4.55. The maximum absolute atomic E-state index is 12.1. The summed E-state index contributed by atoms with van der Waals surface area (Å²) in [6.45, 7) is 7.61. The summed E-state index contributed by atoms with van der Waals surface area (Å²) in [5.41, 5.74) is -0.352. The fourth-order valence-corrected chi connectivity index (χ4v) is 2.33. The molecule has 1 aromatic heterocycles. The summed E-state index contributed by atoms with van der Waals surface area (Å²) in [6.07, 6.45) is -3.76. The highest BCUT2D eigenvalue weighted by atomic mass is 35.5. The van der Waals surface area contributed by atoms with Crippen molar-refractivity contribution in [3.05, 3.63) is 17.3 Å². The zero-order chi connectivity index (χ0) is 18.2. The Bertz CT molecular complexity index is 580. The molecule has 0 radical (unpaired) electrons. The molecule has 1 aliphatic heterocycles. The van der Waals surface area contributed by atoms with Gasteiger partial charge in [0.2, 0.25) is 5.88 Å². The minimum Gasteiger partial charge on any atom is -0.477 e. The lowest BCUT2D eigenvalue weighted by atomic mass is 9.80. The summed E-state index contributed by atoms with van der Waals surface area (Å²) in [5.74, 6) is 0.0964. The minimum atomic E-state index is -4.19. The van der Waals surface area contributed by atoms with Gasteiger partial charge >= 0.3 is 13.3 Å². The van der Waals surface area contributed by atoms with Gasteiger partial charge < -0.3 is 14.0 Å². The van der Waals surface area contributed by atoms with Crippen molar-refractivity contribution in [2.75, 3.05) is 6.61 Å². The van der Waals surface area contributed by atoms with E-state index in [-0.39, 0.29) is 23.9 Å². The molecule has 0 N–H and O–H groups in total. The van der Waals surface area contributed by atoms with Crippen LogP contribution in [0, 0.1) is 0 Å². The van der Waals surface area contributed by atoms with Crippen molar-refractivity contribution in [2.45, 2.75) is 57.9 Å². The topological polar surface area (TPSA) is 40.6 Å². The quantitative estimate of drug-likeness (QED) is 0.588. The Morgan fingerprint density at radius 1 is 1.21 bits per heavy atom. The lowest BCUT2D eigenvalue weighted by molar-refractivity contribution is -0.136. The highest BCUT2D eigenvalue weighted by Gasteiger charge is 2.51. The molecule has 2 heterocycles. The molecule has 0 unspecified atom stereocenters. The summed E-state index contributed by atoms with van der Waals surface area (Å²) in [4.78, 5) is 4.06. The highest BCUT2D eigenvalue weighted by Crippen LogP contribution is 2.36. The fraction of sp³-hybridized carbons (Fsp3) is 0.667. The van der Waals surface area contributed by atoms with Crippen LogP contribution in [0.1, 0.15) is 40.5 Å². The van der Waals surface area contributed by atoms with Crippen LogP contribution in [0.2, 0.25) is 5.02 Å². The van der Waals surface area contributed by atoms with Crippen molar-refractivity contribution < 1.29 is 27.2 Å². The van der Waals surface area contributed by atoms with Crippen molar-refractivity contribution in [1.82, 2.24) is 4.98 Å². The van der Waals surface area contributed by atoms with E-state index in [1.54, 1.807) is 6.07 Å². The van der Waals surface area contributed by atoms with Gasteiger partial charge in [0.05, 0.1) is 17.8 Å². The number of rotatable bonds is 5. The largest absolute Gasteiger partial charge is 0.496 e. The first-order valence-electron chi connectivity index (χ1n) is 7.62. The molecule has 0 saturated carbocycles. The van der Waals surface area contributed by atoms with Crippen LogP contribution in [0.4, 0.5) is 13.2 Å². The van der Waals surface area contributed by atoms with Crippen LogP contribution in [-0.4, -0.2) is 36.1 Å². The monoisotopic (exact) mass is 365 g/mol. The van der Waals surface area contributed by atoms with Crippen molar-refractivity contribution in [3.8, 4) is 5.88 Å². The maximum Gasteiger partial charge on any atom is 0.496 e. The van der Waals surface area contributed by atoms with Crippen molar-refractivity contribution in [3.63, 3.8) is 0 Å². The van der Waals surface area contributed by atoms with Gasteiger partial charge in [0.1, 0.15) is 5.02 Å². The zero-order valence-corrected chi connectivity index (χ0v) is 14.8. The molecular formula is C15H20BClF3NO3. The Kier molecular flexibility index (Phi) is 5.42. The van der Waals surface area contributed by atoms with E-state index in [0.717, 1.165) is 0 Å². The van der Waals surface area contributed by atoms with Gasteiger partial charge in [0, 0.05) is 18.1 Å². The van der Waals surface area contributed by atoms with Gasteiger partial charge in [-0.05, 0) is 40.2 Å². The molecule has 9 heteroatoms. The number of halogens is 4. The molecule has 1 fully saturated rings. The van der Waals surface area contributed by atoms with Crippen molar-refractivity contribution in [2.24, 2.45) is 0 Å². The number of hydrogen-bond donors (Lipinski definition) is 0. The molecule has 134 valence electrons. The minimum absolute atomic E-state index is 0.0964. The highest BCUT2D eigenvalue weighted by molar-refractivity contribution is 6.62. The lowest BCUT2D eigenvalue weighted by Gasteiger charge is -2.32. The van der Waals surface area contributed by atoms with Crippen LogP contribution >= 0.6 is 11.6 Å². The Labute approximate surface area is 144 Å². The summed E-state index contributed by atoms with van der Waals surface area (Å²) >= 11 is 6.10. The second-order valence-corrected chi connectivity index (χ2v) is 7.12. The summed E-state index contributed by atoms with van der Waals surface area (Å²) in [6, 6.07) is 1.59. The molecular weight excluding hydrogens is 345 g/mol. The average molecular weight is 366 g/mol. The van der Waals surface area contributed by atoms with E-state index in [9.17, 15) is 13.2 Å². The van der Waals surface area contributed by atoms with Crippen LogP contribution in [0.3, 0.4) is 0 Å². The summed E-state index contributed by atoms with van der Waals surface area (Å²) in [5, 5.41) is 0.203. The normalized spacial score (nSPS) is 19.6. The second-order valence-electron chi connectivity index (χ2n) is 6.71. The Balaban J connectivity index is 1.98. The SMILES string of the molecule is CC1(C)OB(c2cnc(OCCCC(F)(F)F)c(Cl)c2)OC1(C)C. The molecule has 1 aromatic rings. The molecule has 0 aliphatic carbocycles. The molecule has 1 aliphatic rings. The van der Waals surface area contributed by atoms with Crippen LogP contribution in [0.15, 0.2) is 12.3 Å². The average Bonchev–Trinajstić information content (AvgIpc) is 2.64. The third-order valence-corrected chi connectivity index (χ3v) is 4.47. The first kappa shape index (κ1) is 19.3. The van der Waals surface area contributed by atoms with Gasteiger partial charge in [0.15, 0.2) is 0 Å². The van der Waals surface area contributed by atoms with Crippen LogP contribution in [0.5, 0.6) is 5.88 Å². The second kappa shape index (κ2) is 6.73. The van der Waals surface area contributed by atoms with E-state index in [1.165, 1.54) is 6.20 Å². The van der Waals surface area contributed by atoms with E-state index in [0.29, 0.717) is 5.46 Å². The predicted molar refractivity (Wildman–Crippen MR) is 85.7 cm³/mol. The van der Waals surface area contributed by atoms with Gasteiger partial charge in [-0.2, -0.15) is 13.2 Å². The zero-order valence-electron chi connectivity index (χ0n) is 14.0. The lowest BCUT2D eigenvalue weighted by Crippen LogP contribution is -2.41. The first-order valence-corrected chi connectivity index (χ1v) is 8.00. The molecule has 0 bridgehead atoms. The first-order chi connectivity index (χ1) is 10.9. The molecule has 0 atom stereocenters. The number of alkyl halides is 3. The predicted octanol–water partition coefficient (Wildman–Crippen LogP) is 3.76. The van der Waals surface area contributed by atoms with Crippen molar-refractivity contribution in [1.29, 1.82) is 0 Å². The molecule has 0 amide bonds. The van der Waals surface area contributed by atoms with Crippen LogP contribution in [0.25, 0.3) is 0 Å². The van der Waals surface area contributed by atoms with Crippen LogP contribution in [-0.2, 0) is 9.31 Å². The number of hydrogen-bond acceptors (Lipinski definition) is 4. The number of pyridine rings is 1. The maximum atomic E-state index is 12.1. The van der Waals surface area contributed by atoms with Gasteiger partial charge in [-0.1, -0.05) is 11.6 Å². The van der Waals surface area contributed by atoms with E-state index in [2.05, 4.69) is 4.98 Å². The van der Waals surface area contributed by atoms with E-state index in [1.807, 2.05) is 27.7 Å². The van der Waals surface area contributed by atoms with Crippen LogP contribution < -0.4 is 10.2 Å². The Hall–Kier alpha value is -0.985. The molecule has 4 nitrogen and oxygen atoms in total.